The number of hydrogen-bond donors (Lipinski definition) is 2. The number of hydrogen-bond acceptors (Lipinski definition) is 6. The third-order valence-electron chi connectivity index (χ3n) is 2.80. The molecule has 0 aromatic carbocycles. The molecule has 0 saturated carbocycles. The van der Waals surface area contributed by atoms with E-state index in [2.05, 4.69) is 10.6 Å². The number of carbonyl (C=O) groups is 2. The van der Waals surface area contributed by atoms with Crippen molar-refractivity contribution in [1.29, 1.82) is 0 Å². The van der Waals surface area contributed by atoms with Gasteiger partial charge < -0.3 is 14.8 Å². The lowest BCUT2D eigenvalue weighted by Gasteiger charge is -2.38. The Morgan fingerprint density at radius 3 is 2.37 bits per heavy atom. The lowest BCUT2D eigenvalue weighted by molar-refractivity contribution is -0.174. The van der Waals surface area contributed by atoms with Gasteiger partial charge in [0.15, 0.2) is 0 Å². The van der Waals surface area contributed by atoms with Crippen molar-refractivity contribution in [3.8, 4) is 0 Å². The van der Waals surface area contributed by atoms with Crippen LogP contribution in [0.1, 0.15) is 34.6 Å². The van der Waals surface area contributed by atoms with E-state index < -0.39 is 23.1 Å². The van der Waals surface area contributed by atoms with Gasteiger partial charge in [-0.05, 0) is 34.6 Å². The topological polar surface area (TPSA) is 76.7 Å². The highest BCUT2D eigenvalue weighted by atomic mass is 16.6. The van der Waals surface area contributed by atoms with Crippen LogP contribution in [0.15, 0.2) is 0 Å². The minimum absolute atomic E-state index is 0.169. The average Bonchev–Trinajstić information content (AvgIpc) is 2.28. The largest absolute Gasteiger partial charge is 0.464 e. The fourth-order valence-electron chi connectivity index (χ4n) is 1.78. The molecule has 6 nitrogen and oxygen atoms in total. The molecule has 0 aromatic heterocycles. The smallest absolute Gasteiger partial charge is 0.339 e. The first-order valence-corrected chi connectivity index (χ1v) is 6.60. The highest BCUT2D eigenvalue weighted by molar-refractivity contribution is 6.05. The fraction of sp³-hybridized carbons (Fsp3) is 0.846. The van der Waals surface area contributed by atoms with Gasteiger partial charge in [-0.25, -0.2) is 9.59 Å². The summed E-state index contributed by atoms with van der Waals surface area (Å²) < 4.78 is 10.4. The molecule has 1 rings (SSSR count). The van der Waals surface area contributed by atoms with E-state index >= 15 is 0 Å². The highest BCUT2D eigenvalue weighted by Gasteiger charge is 2.51. The molecule has 6 heteroatoms. The van der Waals surface area contributed by atoms with E-state index in [1.165, 1.54) is 0 Å². The van der Waals surface area contributed by atoms with Gasteiger partial charge in [-0.2, -0.15) is 0 Å². The molecule has 2 atom stereocenters. The first-order valence-electron chi connectivity index (χ1n) is 6.60. The molecular formula is C13H24N2O4. The maximum absolute atomic E-state index is 12.3. The third-order valence-corrected chi connectivity index (χ3v) is 2.80. The second-order valence-electron chi connectivity index (χ2n) is 5.79. The summed E-state index contributed by atoms with van der Waals surface area (Å²) in [6.07, 6.45) is 0. The Kier molecular flexibility index (Phi) is 4.92. The van der Waals surface area contributed by atoms with E-state index in [4.69, 9.17) is 9.47 Å². The monoisotopic (exact) mass is 272 g/mol. The van der Waals surface area contributed by atoms with Crippen molar-refractivity contribution in [1.82, 2.24) is 10.6 Å². The zero-order valence-corrected chi connectivity index (χ0v) is 12.3. The molecule has 0 bridgehead atoms. The van der Waals surface area contributed by atoms with E-state index in [-0.39, 0.29) is 19.2 Å². The summed E-state index contributed by atoms with van der Waals surface area (Å²) in [5, 5.41) is 6.09. The summed E-state index contributed by atoms with van der Waals surface area (Å²) in [5.74, 6) is -1.19. The normalized spacial score (nSPS) is 27.7. The molecule has 1 fully saturated rings. The van der Waals surface area contributed by atoms with Crippen molar-refractivity contribution >= 4 is 11.9 Å². The fourth-order valence-corrected chi connectivity index (χ4v) is 1.78. The molecule has 2 unspecified atom stereocenters. The number of carbonyl (C=O) groups excluding carboxylic acids is 2. The summed E-state index contributed by atoms with van der Waals surface area (Å²) in [7, 11) is 0. The molecule has 1 aliphatic heterocycles. The average molecular weight is 272 g/mol. The second kappa shape index (κ2) is 5.88. The number of rotatable bonds is 3. The summed E-state index contributed by atoms with van der Waals surface area (Å²) in [4.78, 5) is 24.5. The van der Waals surface area contributed by atoms with Crippen LogP contribution in [0.2, 0.25) is 0 Å². The van der Waals surface area contributed by atoms with Crippen LogP contribution >= 0.6 is 0 Å². The third kappa shape index (κ3) is 3.91. The van der Waals surface area contributed by atoms with Gasteiger partial charge in [0.05, 0.1) is 6.61 Å². The molecule has 19 heavy (non-hydrogen) atoms. The molecule has 0 aromatic rings. The van der Waals surface area contributed by atoms with Gasteiger partial charge in [0.1, 0.15) is 5.60 Å². The molecule has 1 heterocycles. The lowest BCUT2D eigenvalue weighted by atomic mass is 9.95. The summed E-state index contributed by atoms with van der Waals surface area (Å²) >= 11 is 0. The number of ether oxygens (including phenoxy) is 2. The quantitative estimate of drug-likeness (QED) is 0.565. The second-order valence-corrected chi connectivity index (χ2v) is 5.79. The van der Waals surface area contributed by atoms with Crippen molar-refractivity contribution in [3.63, 3.8) is 0 Å². The van der Waals surface area contributed by atoms with E-state index in [9.17, 15) is 9.59 Å². The Balaban J connectivity index is 2.92. The van der Waals surface area contributed by atoms with Crippen molar-refractivity contribution < 1.29 is 19.1 Å². The zero-order chi connectivity index (χ0) is 14.7. The standard InChI is InChI=1S/C13H24N2O4/c1-6-18-10(16)13(8-14-9(2)7-15-13)11(17)19-12(3,4)5/h9,14-15H,6-8H2,1-5H3. The predicted octanol–water partition coefficient (Wildman–Crippen LogP) is 0.211. The minimum Gasteiger partial charge on any atom is -0.464 e. The van der Waals surface area contributed by atoms with Crippen molar-refractivity contribution in [2.24, 2.45) is 0 Å². The van der Waals surface area contributed by atoms with Gasteiger partial charge in [-0.3, -0.25) is 5.32 Å². The van der Waals surface area contributed by atoms with Crippen LogP contribution in [0.5, 0.6) is 0 Å². The molecular weight excluding hydrogens is 248 g/mol. The van der Waals surface area contributed by atoms with Crippen molar-refractivity contribution in [3.05, 3.63) is 0 Å². The van der Waals surface area contributed by atoms with Gasteiger partial charge in [0.2, 0.25) is 5.54 Å². The lowest BCUT2D eigenvalue weighted by Crippen LogP contribution is -2.71. The van der Waals surface area contributed by atoms with Gasteiger partial charge in [-0.1, -0.05) is 0 Å². The number of esters is 2. The van der Waals surface area contributed by atoms with Crippen molar-refractivity contribution in [2.75, 3.05) is 19.7 Å². The van der Waals surface area contributed by atoms with Crippen LogP contribution in [0.25, 0.3) is 0 Å². The molecule has 1 aliphatic rings. The molecule has 0 aliphatic carbocycles. The Hall–Kier alpha value is -1.14. The number of nitrogens with one attached hydrogen (secondary N) is 2. The van der Waals surface area contributed by atoms with E-state index in [0.717, 1.165) is 0 Å². The first kappa shape index (κ1) is 15.9. The Bertz CT molecular complexity index is 341. The molecule has 2 N–H and O–H groups in total. The first-order chi connectivity index (χ1) is 8.71. The van der Waals surface area contributed by atoms with Gasteiger partial charge >= 0.3 is 11.9 Å². The SMILES string of the molecule is CCOC(=O)C1(C(=O)OC(C)(C)C)CNC(C)CN1. The molecule has 110 valence electrons. The van der Waals surface area contributed by atoms with Crippen LogP contribution in [0.3, 0.4) is 0 Å². The van der Waals surface area contributed by atoms with Crippen molar-refractivity contribution in [2.45, 2.75) is 51.8 Å². The minimum atomic E-state index is -1.45. The van der Waals surface area contributed by atoms with Crippen LogP contribution < -0.4 is 10.6 Å². The predicted molar refractivity (Wildman–Crippen MR) is 70.7 cm³/mol. The summed E-state index contributed by atoms with van der Waals surface area (Å²) in [6.45, 7) is 9.87. The molecule has 1 saturated heterocycles. The van der Waals surface area contributed by atoms with E-state index in [0.29, 0.717) is 6.54 Å². The van der Waals surface area contributed by atoms with Crippen LogP contribution in [-0.4, -0.2) is 48.8 Å². The maximum Gasteiger partial charge on any atom is 0.339 e. The van der Waals surface area contributed by atoms with Gasteiger partial charge in [-0.15, -0.1) is 0 Å². The van der Waals surface area contributed by atoms with Crippen LogP contribution in [0.4, 0.5) is 0 Å². The Morgan fingerprint density at radius 1 is 1.32 bits per heavy atom. The number of piperazine rings is 1. The zero-order valence-electron chi connectivity index (χ0n) is 12.3. The summed E-state index contributed by atoms with van der Waals surface area (Å²) in [6, 6.07) is 0.185. The van der Waals surface area contributed by atoms with E-state index in [1.807, 2.05) is 6.92 Å². The molecule has 0 amide bonds. The maximum atomic E-state index is 12.3. The van der Waals surface area contributed by atoms with Gasteiger partial charge in [0, 0.05) is 19.1 Å². The van der Waals surface area contributed by atoms with Crippen LogP contribution in [-0.2, 0) is 19.1 Å². The highest BCUT2D eigenvalue weighted by Crippen LogP contribution is 2.18. The Morgan fingerprint density at radius 2 is 1.95 bits per heavy atom. The Labute approximate surface area is 114 Å². The molecule has 0 radical (unpaired) electrons. The van der Waals surface area contributed by atoms with E-state index in [1.54, 1.807) is 27.7 Å². The van der Waals surface area contributed by atoms with Crippen LogP contribution in [0, 0.1) is 0 Å². The summed E-state index contributed by atoms with van der Waals surface area (Å²) in [5.41, 5.74) is -2.10. The van der Waals surface area contributed by atoms with Gasteiger partial charge in [0.25, 0.3) is 0 Å². The molecule has 0 spiro atoms.